The number of rotatable bonds is 8. The average molecular weight is 265 g/mol. The van der Waals surface area contributed by atoms with Gasteiger partial charge in [0.2, 0.25) is 0 Å². The molecule has 1 aromatic carbocycles. The Hall–Kier alpha value is -1.06. The maximum Gasteiger partial charge on any atom is 0.122 e. The topological polar surface area (TPSA) is 41.5 Å². The van der Waals surface area contributed by atoms with Crippen LogP contribution in [0.25, 0.3) is 0 Å². The van der Waals surface area contributed by atoms with Crippen molar-refractivity contribution in [1.82, 2.24) is 5.32 Å². The fourth-order valence-corrected chi connectivity index (χ4v) is 1.87. The highest BCUT2D eigenvalue weighted by Crippen LogP contribution is 2.25. The summed E-state index contributed by atoms with van der Waals surface area (Å²) >= 11 is 0. The Morgan fingerprint density at radius 2 is 1.79 bits per heavy atom. The number of hydrogen-bond acceptors (Lipinski definition) is 3. The van der Waals surface area contributed by atoms with Gasteiger partial charge in [0.05, 0.1) is 0 Å². The fraction of sp³-hybridized carbons (Fsp3) is 0.625. The summed E-state index contributed by atoms with van der Waals surface area (Å²) in [4.78, 5) is 0. The third-order valence-electron chi connectivity index (χ3n) is 2.90. The van der Waals surface area contributed by atoms with Crippen molar-refractivity contribution in [2.75, 3.05) is 19.7 Å². The van der Waals surface area contributed by atoms with Crippen molar-refractivity contribution in [3.63, 3.8) is 0 Å². The molecule has 0 aliphatic heterocycles. The molecule has 0 amide bonds. The Kier molecular flexibility index (Phi) is 6.89. The molecule has 0 fully saturated rings. The minimum absolute atomic E-state index is 0.328. The Morgan fingerprint density at radius 3 is 2.42 bits per heavy atom. The van der Waals surface area contributed by atoms with Crippen LogP contribution in [0.2, 0.25) is 0 Å². The van der Waals surface area contributed by atoms with Gasteiger partial charge in [-0.15, -0.1) is 0 Å². The van der Waals surface area contributed by atoms with E-state index in [1.165, 1.54) is 5.56 Å². The lowest BCUT2D eigenvalue weighted by atomic mass is 10.0. The summed E-state index contributed by atoms with van der Waals surface area (Å²) in [5, 5.41) is 13.1. The summed E-state index contributed by atoms with van der Waals surface area (Å²) in [7, 11) is 0. The second kappa shape index (κ2) is 8.18. The van der Waals surface area contributed by atoms with Crippen LogP contribution in [0.1, 0.15) is 39.2 Å². The highest BCUT2D eigenvalue weighted by Gasteiger charge is 2.09. The lowest BCUT2D eigenvalue weighted by molar-refractivity contribution is 0.105. The van der Waals surface area contributed by atoms with E-state index < -0.39 is 6.10 Å². The lowest BCUT2D eigenvalue weighted by Gasteiger charge is -2.17. The van der Waals surface area contributed by atoms with E-state index in [0.29, 0.717) is 25.0 Å². The van der Waals surface area contributed by atoms with Crippen LogP contribution in [0.5, 0.6) is 5.75 Å². The van der Waals surface area contributed by atoms with E-state index in [4.69, 9.17) is 4.74 Å². The van der Waals surface area contributed by atoms with Crippen LogP contribution in [-0.4, -0.2) is 30.9 Å². The van der Waals surface area contributed by atoms with E-state index in [1.807, 2.05) is 18.2 Å². The van der Waals surface area contributed by atoms with Crippen LogP contribution in [-0.2, 0) is 0 Å². The highest BCUT2D eigenvalue weighted by molar-refractivity contribution is 5.35. The van der Waals surface area contributed by atoms with E-state index in [-0.39, 0.29) is 0 Å². The van der Waals surface area contributed by atoms with Crippen LogP contribution >= 0.6 is 0 Å². The molecule has 0 heterocycles. The van der Waals surface area contributed by atoms with Crippen molar-refractivity contribution in [3.05, 3.63) is 29.8 Å². The van der Waals surface area contributed by atoms with Gasteiger partial charge >= 0.3 is 0 Å². The molecule has 0 radical (unpaired) electrons. The zero-order valence-electron chi connectivity index (χ0n) is 12.5. The summed E-state index contributed by atoms with van der Waals surface area (Å²) in [5.74, 6) is 1.89. The molecule has 3 nitrogen and oxygen atoms in total. The van der Waals surface area contributed by atoms with Crippen molar-refractivity contribution < 1.29 is 9.84 Å². The molecule has 0 aromatic heterocycles. The zero-order valence-corrected chi connectivity index (χ0v) is 12.5. The molecule has 0 bridgehead atoms. The summed E-state index contributed by atoms with van der Waals surface area (Å²) < 4.78 is 5.73. The van der Waals surface area contributed by atoms with E-state index in [9.17, 15) is 5.11 Å². The molecule has 1 aromatic rings. The Labute approximate surface area is 117 Å². The Morgan fingerprint density at radius 1 is 1.11 bits per heavy atom. The molecule has 0 unspecified atom stereocenters. The maximum atomic E-state index is 9.87. The Bertz CT molecular complexity index is 364. The molecule has 0 saturated carbocycles. The second-order valence-corrected chi connectivity index (χ2v) is 5.71. The first kappa shape index (κ1) is 16.0. The first-order valence-electron chi connectivity index (χ1n) is 7.11. The van der Waals surface area contributed by atoms with Gasteiger partial charge in [0, 0.05) is 6.54 Å². The van der Waals surface area contributed by atoms with Crippen LogP contribution in [0.15, 0.2) is 24.3 Å². The van der Waals surface area contributed by atoms with Gasteiger partial charge in [0.1, 0.15) is 18.5 Å². The third-order valence-corrected chi connectivity index (χ3v) is 2.90. The molecule has 1 rings (SSSR count). The van der Waals surface area contributed by atoms with Gasteiger partial charge in [0.25, 0.3) is 0 Å². The molecule has 0 aliphatic rings. The van der Waals surface area contributed by atoms with E-state index >= 15 is 0 Å². The van der Waals surface area contributed by atoms with Gasteiger partial charge < -0.3 is 15.2 Å². The predicted octanol–water partition coefficient (Wildman–Crippen LogP) is 2.80. The number of ether oxygens (including phenoxy) is 1. The number of hydrogen-bond donors (Lipinski definition) is 2. The van der Waals surface area contributed by atoms with Crippen LogP contribution in [0.4, 0.5) is 0 Å². The lowest BCUT2D eigenvalue weighted by Crippen LogP contribution is -2.33. The van der Waals surface area contributed by atoms with E-state index in [2.05, 4.69) is 39.1 Å². The molecule has 0 aliphatic carbocycles. The van der Waals surface area contributed by atoms with Crippen LogP contribution in [0.3, 0.4) is 0 Å². The number of nitrogens with one attached hydrogen (secondary N) is 1. The van der Waals surface area contributed by atoms with Gasteiger partial charge in [-0.25, -0.2) is 0 Å². The van der Waals surface area contributed by atoms with Crippen molar-refractivity contribution >= 4 is 0 Å². The first-order chi connectivity index (χ1) is 9.00. The highest BCUT2D eigenvalue weighted by atomic mass is 16.5. The summed E-state index contributed by atoms with van der Waals surface area (Å²) in [5.41, 5.74) is 1.19. The van der Waals surface area contributed by atoms with Gasteiger partial charge in [-0.2, -0.15) is 0 Å². The summed E-state index contributed by atoms with van der Waals surface area (Å²) in [6.07, 6.45) is -0.473. The monoisotopic (exact) mass is 265 g/mol. The maximum absolute atomic E-state index is 9.87. The summed E-state index contributed by atoms with van der Waals surface area (Å²) in [6.45, 7) is 10.4. The Balaban J connectivity index is 2.39. The number of para-hydroxylation sites is 1. The van der Waals surface area contributed by atoms with E-state index in [0.717, 1.165) is 12.3 Å². The second-order valence-electron chi connectivity index (χ2n) is 5.71. The normalized spacial score (nSPS) is 13.0. The van der Waals surface area contributed by atoms with Gasteiger partial charge in [-0.05, 0) is 30.0 Å². The van der Waals surface area contributed by atoms with Crippen molar-refractivity contribution in [3.8, 4) is 5.75 Å². The van der Waals surface area contributed by atoms with Crippen molar-refractivity contribution in [2.45, 2.75) is 39.7 Å². The molecule has 3 heteroatoms. The van der Waals surface area contributed by atoms with Gasteiger partial charge in [-0.3, -0.25) is 0 Å². The van der Waals surface area contributed by atoms with Crippen molar-refractivity contribution in [2.24, 2.45) is 5.92 Å². The predicted molar refractivity (Wildman–Crippen MR) is 79.7 cm³/mol. The van der Waals surface area contributed by atoms with Crippen LogP contribution in [0, 0.1) is 5.92 Å². The van der Waals surface area contributed by atoms with Gasteiger partial charge in [0.15, 0.2) is 0 Å². The molecule has 1 atom stereocenters. The molecule has 19 heavy (non-hydrogen) atoms. The largest absolute Gasteiger partial charge is 0.491 e. The minimum atomic E-state index is -0.473. The SMILES string of the molecule is CC(C)CNC[C@@H](O)COc1ccccc1C(C)C. The molecule has 0 saturated heterocycles. The molecule has 2 N–H and O–H groups in total. The number of aliphatic hydroxyl groups excluding tert-OH is 1. The minimum Gasteiger partial charge on any atom is -0.491 e. The van der Waals surface area contributed by atoms with Gasteiger partial charge in [-0.1, -0.05) is 45.9 Å². The first-order valence-corrected chi connectivity index (χ1v) is 7.11. The van der Waals surface area contributed by atoms with Crippen LogP contribution < -0.4 is 10.1 Å². The third kappa shape index (κ3) is 6.08. The number of aliphatic hydroxyl groups is 1. The molecule has 0 spiro atoms. The summed E-state index contributed by atoms with van der Waals surface area (Å²) in [6, 6.07) is 8.01. The quantitative estimate of drug-likeness (QED) is 0.759. The molecule has 108 valence electrons. The zero-order chi connectivity index (χ0) is 14.3. The standard InChI is InChI=1S/C16H27NO2/c1-12(2)9-17-10-14(18)11-19-16-8-6-5-7-15(16)13(3)4/h5-8,12-14,17-18H,9-11H2,1-4H3/t14-/m1/s1. The van der Waals surface area contributed by atoms with E-state index in [1.54, 1.807) is 0 Å². The fourth-order valence-electron chi connectivity index (χ4n) is 1.87. The average Bonchev–Trinajstić information content (AvgIpc) is 2.36. The number of benzene rings is 1. The molecular formula is C16H27NO2. The smallest absolute Gasteiger partial charge is 0.122 e. The molecular weight excluding hydrogens is 238 g/mol. The van der Waals surface area contributed by atoms with Crippen molar-refractivity contribution in [1.29, 1.82) is 0 Å².